The number of halogens is 1. The molecule has 0 saturated carbocycles. The predicted octanol–water partition coefficient (Wildman–Crippen LogP) is 2.51. The van der Waals surface area contributed by atoms with Crippen LogP contribution in [0.2, 0.25) is 0 Å². The predicted molar refractivity (Wildman–Crippen MR) is 61.7 cm³/mol. The van der Waals surface area contributed by atoms with Crippen LogP contribution in [0.4, 0.5) is 4.39 Å². The Morgan fingerprint density at radius 3 is 2.81 bits per heavy atom. The Hall–Kier alpha value is -0.930. The Morgan fingerprint density at radius 1 is 1.38 bits per heavy atom. The lowest BCUT2D eigenvalue weighted by molar-refractivity contribution is -0.0272. The zero-order chi connectivity index (χ0) is 11.4. The normalized spacial score (nSPS) is 25.6. The Labute approximate surface area is 95.8 Å². The molecule has 2 unspecified atom stereocenters. The average Bonchev–Trinajstić information content (AvgIpc) is 2.32. The van der Waals surface area contributed by atoms with E-state index in [1.165, 1.54) is 18.6 Å². The van der Waals surface area contributed by atoms with Crippen LogP contribution in [0.3, 0.4) is 0 Å². The largest absolute Gasteiger partial charge is 0.373 e. The molecule has 88 valence electrons. The smallest absolute Gasteiger partial charge is 0.123 e. The Morgan fingerprint density at radius 2 is 2.12 bits per heavy atom. The van der Waals surface area contributed by atoms with Crippen LogP contribution in [0.25, 0.3) is 0 Å². The lowest BCUT2D eigenvalue weighted by Gasteiger charge is -2.32. The molecule has 1 heterocycles. The van der Waals surface area contributed by atoms with E-state index in [0.717, 1.165) is 25.1 Å². The van der Waals surface area contributed by atoms with Gasteiger partial charge in [-0.1, -0.05) is 12.1 Å². The van der Waals surface area contributed by atoms with Crippen LogP contribution in [0.15, 0.2) is 24.3 Å². The van der Waals surface area contributed by atoms with Crippen molar-refractivity contribution in [3.8, 4) is 0 Å². The summed E-state index contributed by atoms with van der Waals surface area (Å²) in [6.45, 7) is 1.75. The fraction of sp³-hybridized carbons (Fsp3) is 0.538. The third-order valence-corrected chi connectivity index (χ3v) is 3.11. The second kappa shape index (κ2) is 5.41. The zero-order valence-corrected chi connectivity index (χ0v) is 9.58. The molecule has 1 fully saturated rings. The standard InChI is InChI=1S/C13H18FNO/c1-15-9-11-3-2-8-16-13(11)10-4-6-12(14)7-5-10/h4-7,11,13,15H,2-3,8-9H2,1H3. The lowest BCUT2D eigenvalue weighted by Crippen LogP contribution is -2.30. The molecule has 1 aliphatic rings. The number of nitrogens with one attached hydrogen (secondary N) is 1. The second-order valence-electron chi connectivity index (χ2n) is 4.30. The monoisotopic (exact) mass is 223 g/mol. The summed E-state index contributed by atoms with van der Waals surface area (Å²) < 4.78 is 18.7. The lowest BCUT2D eigenvalue weighted by atomic mass is 9.89. The molecule has 2 rings (SSSR count). The molecule has 0 bridgehead atoms. The van der Waals surface area contributed by atoms with E-state index in [2.05, 4.69) is 5.32 Å². The summed E-state index contributed by atoms with van der Waals surface area (Å²) in [6, 6.07) is 6.66. The molecule has 0 aliphatic carbocycles. The highest BCUT2D eigenvalue weighted by atomic mass is 19.1. The summed E-state index contributed by atoms with van der Waals surface area (Å²) in [5.74, 6) is 0.300. The topological polar surface area (TPSA) is 21.3 Å². The molecule has 1 aromatic carbocycles. The highest BCUT2D eigenvalue weighted by Gasteiger charge is 2.26. The maximum atomic E-state index is 12.8. The van der Waals surface area contributed by atoms with Crippen molar-refractivity contribution in [1.29, 1.82) is 0 Å². The number of hydrogen-bond donors (Lipinski definition) is 1. The molecule has 1 aromatic rings. The van der Waals surface area contributed by atoms with E-state index in [9.17, 15) is 4.39 Å². The summed E-state index contributed by atoms with van der Waals surface area (Å²) in [6.07, 6.45) is 2.40. The van der Waals surface area contributed by atoms with Crippen LogP contribution in [0.1, 0.15) is 24.5 Å². The van der Waals surface area contributed by atoms with Crippen molar-refractivity contribution < 1.29 is 9.13 Å². The number of hydrogen-bond acceptors (Lipinski definition) is 2. The van der Waals surface area contributed by atoms with Crippen molar-refractivity contribution in [2.45, 2.75) is 18.9 Å². The van der Waals surface area contributed by atoms with Gasteiger partial charge in [-0.3, -0.25) is 0 Å². The maximum Gasteiger partial charge on any atom is 0.123 e. The second-order valence-corrected chi connectivity index (χ2v) is 4.30. The van der Waals surface area contributed by atoms with E-state index in [1.807, 2.05) is 19.2 Å². The minimum Gasteiger partial charge on any atom is -0.373 e. The third kappa shape index (κ3) is 2.60. The van der Waals surface area contributed by atoms with E-state index in [1.54, 1.807) is 0 Å². The fourth-order valence-corrected chi connectivity index (χ4v) is 2.34. The summed E-state index contributed by atoms with van der Waals surface area (Å²) in [5.41, 5.74) is 1.08. The average molecular weight is 223 g/mol. The summed E-state index contributed by atoms with van der Waals surface area (Å²) in [4.78, 5) is 0. The Balaban J connectivity index is 2.13. The zero-order valence-electron chi connectivity index (χ0n) is 9.58. The third-order valence-electron chi connectivity index (χ3n) is 3.11. The quantitative estimate of drug-likeness (QED) is 0.850. The first-order chi connectivity index (χ1) is 7.81. The number of rotatable bonds is 3. The van der Waals surface area contributed by atoms with Crippen molar-refractivity contribution in [2.75, 3.05) is 20.2 Å². The Bertz CT molecular complexity index is 323. The summed E-state index contributed by atoms with van der Waals surface area (Å²) in [5, 5.41) is 3.19. The molecule has 0 amide bonds. The van der Waals surface area contributed by atoms with Crippen molar-refractivity contribution >= 4 is 0 Å². The van der Waals surface area contributed by atoms with Crippen molar-refractivity contribution in [1.82, 2.24) is 5.32 Å². The highest BCUT2D eigenvalue weighted by molar-refractivity contribution is 5.20. The van der Waals surface area contributed by atoms with Crippen LogP contribution in [-0.2, 0) is 4.74 Å². The number of ether oxygens (including phenoxy) is 1. The molecular weight excluding hydrogens is 205 g/mol. The van der Waals surface area contributed by atoms with Gasteiger partial charge in [0, 0.05) is 19.1 Å². The van der Waals surface area contributed by atoms with Crippen LogP contribution in [0, 0.1) is 11.7 Å². The molecule has 3 heteroatoms. The van der Waals surface area contributed by atoms with E-state index in [4.69, 9.17) is 4.74 Å². The molecule has 1 saturated heterocycles. The van der Waals surface area contributed by atoms with Gasteiger partial charge in [-0.15, -0.1) is 0 Å². The van der Waals surface area contributed by atoms with Gasteiger partial charge in [0.1, 0.15) is 5.82 Å². The van der Waals surface area contributed by atoms with Crippen molar-refractivity contribution in [3.05, 3.63) is 35.6 Å². The first kappa shape index (κ1) is 11.6. The molecule has 1 aliphatic heterocycles. The molecule has 0 spiro atoms. The molecule has 2 nitrogen and oxygen atoms in total. The van der Waals surface area contributed by atoms with Gasteiger partial charge in [0.25, 0.3) is 0 Å². The van der Waals surface area contributed by atoms with Gasteiger partial charge in [0.05, 0.1) is 6.10 Å². The van der Waals surface area contributed by atoms with Gasteiger partial charge in [-0.2, -0.15) is 0 Å². The van der Waals surface area contributed by atoms with Crippen LogP contribution < -0.4 is 5.32 Å². The van der Waals surface area contributed by atoms with Gasteiger partial charge in [0.2, 0.25) is 0 Å². The van der Waals surface area contributed by atoms with Crippen LogP contribution in [0.5, 0.6) is 0 Å². The highest BCUT2D eigenvalue weighted by Crippen LogP contribution is 2.33. The molecule has 0 aromatic heterocycles. The first-order valence-corrected chi connectivity index (χ1v) is 5.83. The van der Waals surface area contributed by atoms with E-state index in [0.29, 0.717) is 5.92 Å². The number of benzene rings is 1. The molecule has 2 atom stereocenters. The van der Waals surface area contributed by atoms with Gasteiger partial charge in [-0.25, -0.2) is 4.39 Å². The van der Waals surface area contributed by atoms with E-state index < -0.39 is 0 Å². The molecule has 1 N–H and O–H groups in total. The van der Waals surface area contributed by atoms with Crippen LogP contribution in [-0.4, -0.2) is 20.2 Å². The minimum atomic E-state index is -0.190. The van der Waals surface area contributed by atoms with Gasteiger partial charge < -0.3 is 10.1 Å². The maximum absolute atomic E-state index is 12.8. The van der Waals surface area contributed by atoms with E-state index in [-0.39, 0.29) is 11.9 Å². The first-order valence-electron chi connectivity index (χ1n) is 5.83. The SMILES string of the molecule is CNCC1CCCOC1c1ccc(F)cc1. The molecule has 16 heavy (non-hydrogen) atoms. The minimum absolute atomic E-state index is 0.113. The fourth-order valence-electron chi connectivity index (χ4n) is 2.34. The summed E-state index contributed by atoms with van der Waals surface area (Å²) in [7, 11) is 1.95. The molecular formula is C13H18FNO. The van der Waals surface area contributed by atoms with Gasteiger partial charge in [-0.05, 0) is 37.6 Å². The summed E-state index contributed by atoms with van der Waals surface area (Å²) >= 11 is 0. The molecule has 0 radical (unpaired) electrons. The van der Waals surface area contributed by atoms with Crippen molar-refractivity contribution in [3.63, 3.8) is 0 Å². The van der Waals surface area contributed by atoms with Gasteiger partial charge in [0.15, 0.2) is 0 Å². The van der Waals surface area contributed by atoms with Crippen LogP contribution >= 0.6 is 0 Å². The Kier molecular flexibility index (Phi) is 3.91. The van der Waals surface area contributed by atoms with Gasteiger partial charge >= 0.3 is 0 Å². The van der Waals surface area contributed by atoms with Crippen molar-refractivity contribution in [2.24, 2.45) is 5.92 Å². The van der Waals surface area contributed by atoms with E-state index >= 15 is 0 Å².